The molecule has 0 atom stereocenters. The van der Waals surface area contributed by atoms with Crippen molar-refractivity contribution in [3.8, 4) is 22.3 Å². The van der Waals surface area contributed by atoms with Crippen molar-refractivity contribution in [2.24, 2.45) is 0 Å². The van der Waals surface area contributed by atoms with Crippen molar-refractivity contribution < 1.29 is 0 Å². The predicted octanol–water partition coefficient (Wildman–Crippen LogP) is 4.96. The van der Waals surface area contributed by atoms with Crippen LogP contribution in [0.5, 0.6) is 0 Å². The van der Waals surface area contributed by atoms with Crippen LogP contribution in [-0.4, -0.2) is 9.97 Å². The number of rotatable bonds is 2. The van der Waals surface area contributed by atoms with Crippen molar-refractivity contribution in [1.82, 2.24) is 9.97 Å². The number of nitrogens with zero attached hydrogens (tertiary/aromatic N) is 2. The molecule has 2 nitrogen and oxygen atoms in total. The summed E-state index contributed by atoms with van der Waals surface area (Å²) in [4.78, 5) is 9.16. The molecule has 0 saturated heterocycles. The number of aromatic nitrogens is 2. The molecule has 0 aliphatic rings. The molecule has 0 spiro atoms. The van der Waals surface area contributed by atoms with E-state index in [1.165, 1.54) is 0 Å². The summed E-state index contributed by atoms with van der Waals surface area (Å²) in [7, 11) is 0. The summed E-state index contributed by atoms with van der Waals surface area (Å²) in [5.74, 6) is 0. The normalized spacial score (nSPS) is 10.7. The van der Waals surface area contributed by atoms with Crippen molar-refractivity contribution in [3.05, 3.63) is 85.2 Å². The van der Waals surface area contributed by atoms with Gasteiger partial charge in [-0.3, -0.25) is 9.97 Å². The van der Waals surface area contributed by atoms with Gasteiger partial charge in [-0.05, 0) is 23.3 Å². The number of pyridine rings is 2. The van der Waals surface area contributed by atoms with Gasteiger partial charge in [-0.15, -0.1) is 0 Å². The molecule has 4 aromatic rings. The summed E-state index contributed by atoms with van der Waals surface area (Å²) in [6, 6.07) is 24.7. The van der Waals surface area contributed by atoms with Crippen LogP contribution >= 0.6 is 0 Å². The van der Waals surface area contributed by atoms with Crippen LogP contribution in [0.4, 0.5) is 0 Å². The summed E-state index contributed by atoms with van der Waals surface area (Å²) in [5, 5.41) is 0. The number of benzene rings is 2. The molecule has 0 amide bonds. The quantitative estimate of drug-likeness (QED) is 0.519. The minimum Gasteiger partial charge on any atom is -0.254 e. The van der Waals surface area contributed by atoms with E-state index in [1.54, 1.807) is 0 Å². The van der Waals surface area contributed by atoms with Crippen molar-refractivity contribution >= 4 is 11.0 Å². The van der Waals surface area contributed by atoms with Gasteiger partial charge in [0.1, 0.15) is 0 Å². The Hall–Kier alpha value is -3.00. The lowest BCUT2D eigenvalue weighted by atomic mass is 10.0. The van der Waals surface area contributed by atoms with E-state index in [4.69, 9.17) is 0 Å². The summed E-state index contributed by atoms with van der Waals surface area (Å²) >= 11 is 0. The van der Waals surface area contributed by atoms with E-state index in [0.29, 0.717) is 0 Å². The minimum atomic E-state index is 0.940. The third-order valence-corrected chi connectivity index (χ3v) is 3.79. The fourth-order valence-electron chi connectivity index (χ4n) is 2.75. The Balaban J connectivity index is 2.00. The zero-order valence-corrected chi connectivity index (χ0v) is 12.0. The first-order valence-electron chi connectivity index (χ1n) is 7.28. The van der Waals surface area contributed by atoms with E-state index in [2.05, 4.69) is 34.2 Å². The van der Waals surface area contributed by atoms with Crippen LogP contribution in [-0.2, 0) is 0 Å². The van der Waals surface area contributed by atoms with Crippen LogP contribution in [0.1, 0.15) is 0 Å². The van der Waals surface area contributed by atoms with Crippen molar-refractivity contribution in [3.63, 3.8) is 0 Å². The first-order chi connectivity index (χ1) is 10.9. The summed E-state index contributed by atoms with van der Waals surface area (Å²) in [5.41, 5.74) is 6.43. The second-order valence-electron chi connectivity index (χ2n) is 5.15. The molecule has 2 aromatic heterocycles. The van der Waals surface area contributed by atoms with E-state index >= 15 is 0 Å². The van der Waals surface area contributed by atoms with E-state index in [1.807, 2.05) is 60.9 Å². The van der Waals surface area contributed by atoms with Gasteiger partial charge >= 0.3 is 0 Å². The first kappa shape index (κ1) is 12.7. The van der Waals surface area contributed by atoms with E-state index in [-0.39, 0.29) is 0 Å². The molecule has 0 fully saturated rings. The largest absolute Gasteiger partial charge is 0.254 e. The molecular formula is C20H14N2. The van der Waals surface area contributed by atoms with Crippen molar-refractivity contribution in [2.75, 3.05) is 0 Å². The van der Waals surface area contributed by atoms with Crippen LogP contribution < -0.4 is 0 Å². The molecule has 0 aliphatic carbocycles. The molecule has 0 unspecified atom stereocenters. The Kier molecular flexibility index (Phi) is 3.13. The van der Waals surface area contributed by atoms with Crippen molar-refractivity contribution in [2.45, 2.75) is 0 Å². The predicted molar refractivity (Wildman–Crippen MR) is 90.4 cm³/mol. The average molecular weight is 282 g/mol. The van der Waals surface area contributed by atoms with Crippen LogP contribution in [0.3, 0.4) is 0 Å². The van der Waals surface area contributed by atoms with Crippen LogP contribution in [0.15, 0.2) is 85.2 Å². The summed E-state index contributed by atoms with van der Waals surface area (Å²) in [6.07, 6.45) is 3.72. The number of hydrogen-bond acceptors (Lipinski definition) is 2. The molecule has 0 bridgehead atoms. The minimum absolute atomic E-state index is 0.940. The molecule has 0 radical (unpaired) electrons. The molecule has 2 heterocycles. The monoisotopic (exact) mass is 282 g/mol. The Morgan fingerprint density at radius 2 is 0.864 bits per heavy atom. The van der Waals surface area contributed by atoms with Gasteiger partial charge in [-0.1, -0.05) is 60.7 Å². The molecular weight excluding hydrogens is 268 g/mol. The highest BCUT2D eigenvalue weighted by atomic mass is 14.7. The SMILES string of the molecule is c1ccc(-c2ccnc3c(-c4ccccc4)ccnc23)cc1. The number of hydrogen-bond donors (Lipinski definition) is 0. The molecule has 104 valence electrons. The lowest BCUT2D eigenvalue weighted by molar-refractivity contribution is 1.34. The van der Waals surface area contributed by atoms with E-state index < -0.39 is 0 Å². The second kappa shape index (κ2) is 5.41. The molecule has 22 heavy (non-hydrogen) atoms. The molecule has 0 saturated carbocycles. The Bertz CT molecular complexity index is 837. The molecule has 2 aromatic carbocycles. The zero-order chi connectivity index (χ0) is 14.8. The molecule has 2 heteroatoms. The van der Waals surface area contributed by atoms with Gasteiger partial charge in [0.2, 0.25) is 0 Å². The maximum atomic E-state index is 4.58. The Labute approximate surface area is 129 Å². The standard InChI is InChI=1S/C20H14N2/c1-3-7-15(8-4-1)17-11-13-22-20-18(12-14-21-19(17)20)16-9-5-2-6-10-16/h1-14H. The highest BCUT2D eigenvalue weighted by molar-refractivity contribution is 5.99. The number of fused-ring (bicyclic) bond motifs is 1. The third-order valence-electron chi connectivity index (χ3n) is 3.79. The van der Waals surface area contributed by atoms with Gasteiger partial charge in [0, 0.05) is 23.5 Å². The fourth-order valence-corrected chi connectivity index (χ4v) is 2.75. The highest BCUT2D eigenvalue weighted by Crippen LogP contribution is 2.31. The van der Waals surface area contributed by atoms with Gasteiger partial charge in [0.05, 0.1) is 11.0 Å². The van der Waals surface area contributed by atoms with Gasteiger partial charge < -0.3 is 0 Å². The van der Waals surface area contributed by atoms with E-state index in [0.717, 1.165) is 33.3 Å². The maximum absolute atomic E-state index is 4.58. The topological polar surface area (TPSA) is 25.8 Å². The Morgan fingerprint density at radius 3 is 1.27 bits per heavy atom. The second-order valence-corrected chi connectivity index (χ2v) is 5.15. The smallest absolute Gasteiger partial charge is 0.0971 e. The summed E-state index contributed by atoms with van der Waals surface area (Å²) < 4.78 is 0. The molecule has 0 N–H and O–H groups in total. The summed E-state index contributed by atoms with van der Waals surface area (Å²) in [6.45, 7) is 0. The molecule has 0 aliphatic heterocycles. The highest BCUT2D eigenvalue weighted by Gasteiger charge is 2.10. The third kappa shape index (κ3) is 2.15. The lowest BCUT2D eigenvalue weighted by Gasteiger charge is -2.09. The van der Waals surface area contributed by atoms with E-state index in [9.17, 15) is 0 Å². The van der Waals surface area contributed by atoms with Gasteiger partial charge in [-0.25, -0.2) is 0 Å². The van der Waals surface area contributed by atoms with Crippen LogP contribution in [0.2, 0.25) is 0 Å². The maximum Gasteiger partial charge on any atom is 0.0971 e. The Morgan fingerprint density at radius 1 is 0.455 bits per heavy atom. The first-order valence-corrected chi connectivity index (χ1v) is 7.28. The zero-order valence-electron chi connectivity index (χ0n) is 12.0. The lowest BCUT2D eigenvalue weighted by Crippen LogP contribution is -1.90. The van der Waals surface area contributed by atoms with Gasteiger partial charge in [-0.2, -0.15) is 0 Å². The fraction of sp³-hybridized carbons (Fsp3) is 0. The van der Waals surface area contributed by atoms with Crippen LogP contribution in [0, 0.1) is 0 Å². The van der Waals surface area contributed by atoms with Gasteiger partial charge in [0.15, 0.2) is 0 Å². The average Bonchev–Trinajstić information content (AvgIpc) is 2.62. The van der Waals surface area contributed by atoms with Crippen molar-refractivity contribution in [1.29, 1.82) is 0 Å². The van der Waals surface area contributed by atoms with Gasteiger partial charge in [0.25, 0.3) is 0 Å². The molecule has 4 rings (SSSR count). The van der Waals surface area contributed by atoms with Crippen LogP contribution in [0.25, 0.3) is 33.3 Å².